The Morgan fingerprint density at radius 1 is 1.56 bits per heavy atom. The first-order chi connectivity index (χ1) is 8.44. The van der Waals surface area contributed by atoms with Gasteiger partial charge in [0.1, 0.15) is 16.5 Å². The van der Waals surface area contributed by atoms with Gasteiger partial charge in [-0.2, -0.15) is 15.5 Å². The summed E-state index contributed by atoms with van der Waals surface area (Å²) in [6.45, 7) is 1.59. The molecule has 2 heterocycles. The Morgan fingerprint density at radius 2 is 2.28 bits per heavy atom. The van der Waals surface area contributed by atoms with Crippen LogP contribution in [0.2, 0.25) is 0 Å². The van der Waals surface area contributed by atoms with Crippen LogP contribution in [0.4, 0.5) is 5.82 Å². The molecule has 0 aliphatic carbocycles. The quantitative estimate of drug-likeness (QED) is 0.818. The first kappa shape index (κ1) is 12.1. The van der Waals surface area contributed by atoms with Crippen molar-refractivity contribution >= 4 is 15.8 Å². The third-order valence-corrected chi connectivity index (χ3v) is 3.71. The van der Waals surface area contributed by atoms with Crippen LogP contribution in [-0.2, 0) is 17.1 Å². The molecule has 0 aliphatic rings. The van der Waals surface area contributed by atoms with E-state index >= 15 is 0 Å². The lowest BCUT2D eigenvalue weighted by Crippen LogP contribution is -2.14. The highest BCUT2D eigenvalue weighted by Crippen LogP contribution is 2.18. The zero-order valence-corrected chi connectivity index (χ0v) is 10.5. The van der Waals surface area contributed by atoms with E-state index in [0.29, 0.717) is 5.69 Å². The van der Waals surface area contributed by atoms with Gasteiger partial charge in [-0.15, -0.1) is 0 Å². The predicted molar refractivity (Wildman–Crippen MR) is 62.1 cm³/mol. The number of aromatic nitrogens is 4. The van der Waals surface area contributed by atoms with Crippen LogP contribution in [-0.4, -0.2) is 28.4 Å². The summed E-state index contributed by atoms with van der Waals surface area (Å²) in [5.41, 5.74) is 0.569. The molecular formula is C9H10N6O2S. The number of sulfonamides is 1. The van der Waals surface area contributed by atoms with Gasteiger partial charge in [-0.1, -0.05) is 0 Å². The molecule has 2 N–H and O–H groups in total. The molecule has 18 heavy (non-hydrogen) atoms. The molecule has 0 amide bonds. The minimum atomic E-state index is -3.79. The first-order valence-corrected chi connectivity index (χ1v) is 6.39. The molecule has 0 spiro atoms. The van der Waals surface area contributed by atoms with Crippen LogP contribution < -0.4 is 4.72 Å². The van der Waals surface area contributed by atoms with E-state index in [0.717, 1.165) is 0 Å². The second kappa shape index (κ2) is 4.15. The van der Waals surface area contributed by atoms with Crippen molar-refractivity contribution in [2.24, 2.45) is 7.05 Å². The Balaban J connectivity index is 2.40. The van der Waals surface area contributed by atoms with Crippen molar-refractivity contribution in [3.63, 3.8) is 0 Å². The highest BCUT2D eigenvalue weighted by atomic mass is 32.2. The summed E-state index contributed by atoms with van der Waals surface area (Å²) in [5.74, 6) is 0.000556. The van der Waals surface area contributed by atoms with E-state index < -0.39 is 10.0 Å². The summed E-state index contributed by atoms with van der Waals surface area (Å²) in [6.07, 6.45) is 2.63. The molecule has 0 aromatic carbocycles. The Bertz CT molecular complexity index is 721. The fraction of sp³-hybridized carbons (Fsp3) is 0.222. The fourth-order valence-corrected chi connectivity index (χ4v) is 2.59. The number of anilines is 1. The minimum Gasteiger partial charge on any atom is -0.281 e. The highest BCUT2D eigenvalue weighted by molar-refractivity contribution is 7.92. The van der Waals surface area contributed by atoms with Crippen molar-refractivity contribution in [2.45, 2.75) is 11.8 Å². The number of aromatic amines is 1. The Labute approximate surface area is 103 Å². The normalized spacial score (nSPS) is 11.2. The zero-order chi connectivity index (χ0) is 13.3. The SMILES string of the molecule is Cc1[nH]ncc1S(=O)(=O)Nc1nn(C)cc1C#N. The number of nitriles is 1. The molecule has 2 aromatic rings. The van der Waals surface area contributed by atoms with Crippen LogP contribution in [0.25, 0.3) is 0 Å². The van der Waals surface area contributed by atoms with Crippen LogP contribution >= 0.6 is 0 Å². The van der Waals surface area contributed by atoms with Crippen LogP contribution in [0, 0.1) is 18.3 Å². The van der Waals surface area contributed by atoms with Crippen LogP contribution in [0.3, 0.4) is 0 Å². The number of aryl methyl sites for hydroxylation is 2. The number of nitrogens with zero attached hydrogens (tertiary/aromatic N) is 4. The summed E-state index contributed by atoms with van der Waals surface area (Å²) in [7, 11) is -2.19. The maximum Gasteiger partial charge on any atom is 0.266 e. The van der Waals surface area contributed by atoms with Crippen LogP contribution in [0.15, 0.2) is 17.3 Å². The van der Waals surface area contributed by atoms with Crippen molar-refractivity contribution in [3.05, 3.63) is 23.7 Å². The number of hydrogen-bond acceptors (Lipinski definition) is 5. The van der Waals surface area contributed by atoms with E-state index in [1.54, 1.807) is 14.0 Å². The lowest BCUT2D eigenvalue weighted by atomic mass is 10.4. The van der Waals surface area contributed by atoms with Crippen LogP contribution in [0.5, 0.6) is 0 Å². The molecule has 0 unspecified atom stereocenters. The number of nitrogens with one attached hydrogen (secondary N) is 2. The minimum absolute atomic E-state index is 0.000556. The van der Waals surface area contributed by atoms with E-state index in [-0.39, 0.29) is 16.3 Å². The lowest BCUT2D eigenvalue weighted by Gasteiger charge is -2.04. The van der Waals surface area contributed by atoms with E-state index in [1.807, 2.05) is 6.07 Å². The Kier molecular flexibility index (Phi) is 2.80. The maximum absolute atomic E-state index is 12.0. The topological polar surface area (TPSA) is 116 Å². The van der Waals surface area contributed by atoms with Gasteiger partial charge in [-0.3, -0.25) is 14.5 Å². The average molecular weight is 266 g/mol. The maximum atomic E-state index is 12.0. The summed E-state index contributed by atoms with van der Waals surface area (Å²) in [6, 6.07) is 1.87. The molecule has 0 radical (unpaired) electrons. The molecule has 8 nitrogen and oxygen atoms in total. The van der Waals surface area contributed by atoms with Gasteiger partial charge >= 0.3 is 0 Å². The molecule has 94 valence electrons. The smallest absolute Gasteiger partial charge is 0.266 e. The molecule has 0 saturated carbocycles. The van der Waals surface area contributed by atoms with Crippen molar-refractivity contribution < 1.29 is 8.42 Å². The standard InChI is InChI=1S/C9H10N6O2S/c1-6-8(4-11-12-6)18(16,17)14-9-7(3-10)5-15(2)13-9/h4-5H,1-2H3,(H,11,12)(H,13,14). The zero-order valence-electron chi connectivity index (χ0n) is 9.67. The largest absolute Gasteiger partial charge is 0.281 e. The third-order valence-electron chi connectivity index (χ3n) is 2.25. The number of rotatable bonds is 3. The van der Waals surface area contributed by atoms with Crippen LogP contribution in [0.1, 0.15) is 11.3 Å². The second-order valence-corrected chi connectivity index (χ2v) is 5.29. The monoisotopic (exact) mass is 266 g/mol. The third kappa shape index (κ3) is 2.05. The molecule has 2 rings (SSSR count). The van der Waals surface area contributed by atoms with E-state index in [9.17, 15) is 8.42 Å². The molecule has 0 bridgehead atoms. The lowest BCUT2D eigenvalue weighted by molar-refractivity contribution is 0.600. The summed E-state index contributed by atoms with van der Waals surface area (Å²) >= 11 is 0. The van der Waals surface area contributed by atoms with E-state index in [1.165, 1.54) is 17.1 Å². The van der Waals surface area contributed by atoms with E-state index in [4.69, 9.17) is 5.26 Å². The first-order valence-electron chi connectivity index (χ1n) is 4.90. The van der Waals surface area contributed by atoms with Gasteiger partial charge in [0.15, 0.2) is 5.82 Å². The van der Waals surface area contributed by atoms with Gasteiger partial charge in [0, 0.05) is 13.2 Å². The Hall–Kier alpha value is -2.34. The second-order valence-electron chi connectivity index (χ2n) is 3.64. The predicted octanol–water partition coefficient (Wildman–Crippen LogP) is 0.124. The van der Waals surface area contributed by atoms with Gasteiger partial charge in [0.05, 0.1) is 11.9 Å². The number of H-pyrrole nitrogens is 1. The van der Waals surface area contributed by atoms with Gasteiger partial charge < -0.3 is 0 Å². The van der Waals surface area contributed by atoms with Crippen molar-refractivity contribution in [3.8, 4) is 6.07 Å². The Morgan fingerprint density at radius 3 is 2.83 bits per heavy atom. The molecule has 2 aromatic heterocycles. The van der Waals surface area contributed by atoms with E-state index in [2.05, 4.69) is 20.0 Å². The summed E-state index contributed by atoms with van der Waals surface area (Å²) < 4.78 is 27.7. The van der Waals surface area contributed by atoms with Crippen molar-refractivity contribution in [2.75, 3.05) is 4.72 Å². The van der Waals surface area contributed by atoms with Gasteiger partial charge in [-0.25, -0.2) is 8.42 Å². The molecule has 0 atom stereocenters. The van der Waals surface area contributed by atoms with Crippen molar-refractivity contribution in [1.29, 1.82) is 5.26 Å². The van der Waals surface area contributed by atoms with Gasteiger partial charge in [-0.05, 0) is 6.92 Å². The summed E-state index contributed by atoms with van der Waals surface area (Å²) in [5, 5.41) is 18.9. The highest BCUT2D eigenvalue weighted by Gasteiger charge is 2.21. The molecular weight excluding hydrogens is 256 g/mol. The van der Waals surface area contributed by atoms with Gasteiger partial charge in [0.25, 0.3) is 10.0 Å². The van der Waals surface area contributed by atoms with Gasteiger partial charge in [0.2, 0.25) is 0 Å². The molecule has 0 saturated heterocycles. The molecule has 0 fully saturated rings. The average Bonchev–Trinajstić information content (AvgIpc) is 2.84. The number of hydrogen-bond donors (Lipinski definition) is 2. The summed E-state index contributed by atoms with van der Waals surface area (Å²) in [4.78, 5) is 0.0250. The van der Waals surface area contributed by atoms with Crippen molar-refractivity contribution in [1.82, 2.24) is 20.0 Å². The fourth-order valence-electron chi connectivity index (χ4n) is 1.44. The molecule has 9 heteroatoms. The molecule has 0 aliphatic heterocycles.